The van der Waals surface area contributed by atoms with E-state index in [1.807, 2.05) is 12.1 Å². The second-order valence-corrected chi connectivity index (χ2v) is 7.46. The van der Waals surface area contributed by atoms with Crippen LogP contribution >= 0.6 is 70.7 Å². The third kappa shape index (κ3) is 3.01. The van der Waals surface area contributed by atoms with Crippen molar-refractivity contribution >= 4 is 76.5 Å². The molecule has 0 radical (unpaired) electrons. The second kappa shape index (κ2) is 5.53. The van der Waals surface area contributed by atoms with Gasteiger partial charge in [-0.3, -0.25) is 4.79 Å². The molecule has 1 aromatic heterocycles. The number of hydrogen-bond acceptors (Lipinski definition) is 2. The van der Waals surface area contributed by atoms with Gasteiger partial charge in [-0.25, -0.2) is 0 Å². The fourth-order valence-corrected chi connectivity index (χ4v) is 3.71. The van der Waals surface area contributed by atoms with Crippen molar-refractivity contribution in [2.45, 2.75) is 0 Å². The van der Waals surface area contributed by atoms with Gasteiger partial charge in [0.1, 0.15) is 4.34 Å². The van der Waals surface area contributed by atoms with E-state index in [9.17, 15) is 4.79 Å². The summed E-state index contributed by atoms with van der Waals surface area (Å²) in [6.45, 7) is 0. The van der Waals surface area contributed by atoms with Crippen LogP contribution in [0.15, 0.2) is 37.7 Å². The molecule has 0 saturated carbocycles. The van der Waals surface area contributed by atoms with Crippen molar-refractivity contribution in [3.63, 3.8) is 0 Å². The molecule has 0 saturated heterocycles. The first-order valence-corrected chi connectivity index (χ1v) is 8.01. The number of carbonyl (C=O) groups excluding carboxylic acids is 1. The van der Waals surface area contributed by atoms with E-state index in [4.69, 9.17) is 11.6 Å². The lowest BCUT2D eigenvalue weighted by molar-refractivity contribution is 0.104. The van der Waals surface area contributed by atoms with Crippen LogP contribution in [0.25, 0.3) is 0 Å². The van der Waals surface area contributed by atoms with Gasteiger partial charge in [-0.05, 0) is 40.2 Å². The average Bonchev–Trinajstić information content (AvgIpc) is 2.62. The maximum absolute atomic E-state index is 12.3. The van der Waals surface area contributed by atoms with Crippen LogP contribution in [-0.4, -0.2) is 5.78 Å². The van der Waals surface area contributed by atoms with Crippen molar-refractivity contribution in [1.82, 2.24) is 0 Å². The summed E-state index contributed by atoms with van der Waals surface area (Å²) in [5.74, 6) is -0.0456. The average molecular weight is 459 g/mol. The van der Waals surface area contributed by atoms with Gasteiger partial charge in [-0.2, -0.15) is 0 Å². The predicted octanol–water partition coefficient (Wildman–Crippen LogP) is 5.92. The van der Waals surface area contributed by atoms with E-state index in [1.54, 1.807) is 12.1 Å². The quantitative estimate of drug-likeness (QED) is 0.510. The Morgan fingerprint density at radius 1 is 1.12 bits per heavy atom. The lowest BCUT2D eigenvalue weighted by Crippen LogP contribution is -1.99. The number of thiophene rings is 1. The van der Waals surface area contributed by atoms with Gasteiger partial charge < -0.3 is 0 Å². The summed E-state index contributed by atoms with van der Waals surface area (Å²) in [6.07, 6.45) is 0. The molecule has 0 unspecified atom stereocenters. The maximum Gasteiger partial charge on any atom is 0.204 e. The first kappa shape index (κ1) is 13.7. The minimum atomic E-state index is -0.0456. The zero-order chi connectivity index (χ0) is 12.6. The molecule has 0 amide bonds. The molecule has 0 fully saturated rings. The van der Waals surface area contributed by atoms with Crippen molar-refractivity contribution in [1.29, 1.82) is 0 Å². The summed E-state index contributed by atoms with van der Waals surface area (Å²) in [4.78, 5) is 12.9. The van der Waals surface area contributed by atoms with Crippen molar-refractivity contribution in [2.75, 3.05) is 0 Å². The fraction of sp³-hybridized carbons (Fsp3) is 0. The zero-order valence-electron chi connectivity index (χ0n) is 8.14. The van der Waals surface area contributed by atoms with Gasteiger partial charge in [0.25, 0.3) is 0 Å². The highest BCUT2D eigenvalue weighted by molar-refractivity contribution is 9.11. The van der Waals surface area contributed by atoms with Crippen LogP contribution in [0.1, 0.15) is 15.2 Å². The van der Waals surface area contributed by atoms with Crippen LogP contribution in [-0.2, 0) is 0 Å². The Bertz CT molecular complexity index is 575. The normalized spacial score (nSPS) is 10.6. The van der Waals surface area contributed by atoms with E-state index in [0.29, 0.717) is 14.8 Å². The molecule has 0 spiro atoms. The molecule has 2 aromatic rings. The third-order valence-corrected chi connectivity index (χ3v) is 5.70. The minimum absolute atomic E-state index is 0.0456. The van der Waals surface area contributed by atoms with Crippen LogP contribution in [0.4, 0.5) is 0 Å². The summed E-state index contributed by atoms with van der Waals surface area (Å²) in [6, 6.07) is 7.23. The summed E-state index contributed by atoms with van der Waals surface area (Å²) < 4.78 is 2.97. The number of benzene rings is 1. The van der Waals surface area contributed by atoms with Gasteiger partial charge in [-0.15, -0.1) is 11.3 Å². The molecule has 1 nitrogen and oxygen atoms in total. The van der Waals surface area contributed by atoms with Gasteiger partial charge in [-0.1, -0.05) is 43.5 Å². The van der Waals surface area contributed by atoms with E-state index >= 15 is 0 Å². The zero-order valence-corrected chi connectivity index (χ0v) is 14.5. The van der Waals surface area contributed by atoms with Gasteiger partial charge in [0.2, 0.25) is 5.78 Å². The van der Waals surface area contributed by atoms with E-state index in [1.165, 1.54) is 11.3 Å². The summed E-state index contributed by atoms with van der Waals surface area (Å²) in [5.41, 5.74) is 0.616. The lowest BCUT2D eigenvalue weighted by atomic mass is 10.1. The second-order valence-electron chi connectivity index (χ2n) is 3.19. The summed E-state index contributed by atoms with van der Waals surface area (Å²) in [5, 5.41) is 0. The highest BCUT2D eigenvalue weighted by Crippen LogP contribution is 2.34. The van der Waals surface area contributed by atoms with Crippen LogP contribution in [0.5, 0.6) is 0 Å². The molecular formula is C11H4Br3ClOS. The molecule has 6 heteroatoms. The van der Waals surface area contributed by atoms with E-state index in [0.717, 1.165) is 13.4 Å². The standard InChI is InChI=1S/C11H4Br3ClOS/c12-5-1-2-7(13)6(3-5)10(16)9-4-8(14)11(15)17-9/h1-4H. The highest BCUT2D eigenvalue weighted by Gasteiger charge is 2.17. The monoisotopic (exact) mass is 456 g/mol. The highest BCUT2D eigenvalue weighted by atomic mass is 79.9. The van der Waals surface area contributed by atoms with Gasteiger partial charge in [0.05, 0.1) is 4.88 Å². The molecule has 0 bridgehead atoms. The largest absolute Gasteiger partial charge is 0.288 e. The van der Waals surface area contributed by atoms with Gasteiger partial charge in [0, 0.05) is 19.0 Å². The number of hydrogen-bond donors (Lipinski definition) is 0. The van der Waals surface area contributed by atoms with E-state index in [-0.39, 0.29) is 5.78 Å². The molecule has 88 valence electrons. The van der Waals surface area contributed by atoms with Crippen LogP contribution in [0.2, 0.25) is 4.34 Å². The van der Waals surface area contributed by atoms with Crippen LogP contribution in [0, 0.1) is 0 Å². The summed E-state index contributed by atoms with van der Waals surface area (Å²) in [7, 11) is 0. The van der Waals surface area contributed by atoms with E-state index in [2.05, 4.69) is 47.8 Å². The van der Waals surface area contributed by atoms with Crippen molar-refractivity contribution in [3.05, 3.63) is 52.5 Å². The van der Waals surface area contributed by atoms with Crippen LogP contribution < -0.4 is 0 Å². The molecule has 0 aliphatic carbocycles. The smallest absolute Gasteiger partial charge is 0.204 e. The molecule has 1 aromatic carbocycles. The number of ketones is 1. The SMILES string of the molecule is O=C(c1cc(Br)c(Cl)s1)c1cc(Br)ccc1Br. The Kier molecular flexibility index (Phi) is 4.47. The van der Waals surface area contributed by atoms with Crippen molar-refractivity contribution < 1.29 is 4.79 Å². The molecule has 17 heavy (non-hydrogen) atoms. The predicted molar refractivity (Wildman–Crippen MR) is 82.3 cm³/mol. The molecule has 1 heterocycles. The lowest BCUT2D eigenvalue weighted by Gasteiger charge is -2.02. The Balaban J connectivity index is 2.47. The van der Waals surface area contributed by atoms with Crippen molar-refractivity contribution in [3.8, 4) is 0 Å². The maximum atomic E-state index is 12.3. The Morgan fingerprint density at radius 2 is 1.82 bits per heavy atom. The minimum Gasteiger partial charge on any atom is -0.288 e. The third-order valence-electron chi connectivity index (χ3n) is 2.04. The first-order chi connectivity index (χ1) is 7.99. The molecule has 0 aliphatic rings. The number of rotatable bonds is 2. The Morgan fingerprint density at radius 3 is 2.41 bits per heavy atom. The topological polar surface area (TPSA) is 17.1 Å². The number of halogens is 4. The van der Waals surface area contributed by atoms with Crippen molar-refractivity contribution in [2.24, 2.45) is 0 Å². The molecule has 0 aliphatic heterocycles. The van der Waals surface area contributed by atoms with E-state index < -0.39 is 0 Å². The molecule has 0 N–H and O–H groups in total. The molecular weight excluding hydrogens is 455 g/mol. The number of carbonyl (C=O) groups is 1. The van der Waals surface area contributed by atoms with Crippen LogP contribution in [0.3, 0.4) is 0 Å². The van der Waals surface area contributed by atoms with Gasteiger partial charge in [0.15, 0.2) is 0 Å². The Hall–Kier alpha value is 0.320. The Labute approximate surface area is 133 Å². The molecule has 2 rings (SSSR count). The first-order valence-electron chi connectivity index (χ1n) is 4.43. The van der Waals surface area contributed by atoms with Gasteiger partial charge >= 0.3 is 0 Å². The molecule has 0 atom stereocenters. The fourth-order valence-electron chi connectivity index (χ4n) is 1.26. The summed E-state index contributed by atoms with van der Waals surface area (Å²) >= 11 is 17.2.